The van der Waals surface area contributed by atoms with E-state index in [4.69, 9.17) is 4.74 Å². The molecule has 0 bridgehead atoms. The number of hydrogen-bond acceptors (Lipinski definition) is 7. The average Bonchev–Trinajstić information content (AvgIpc) is 2.93. The Balaban J connectivity index is 1.03. The fourth-order valence-corrected chi connectivity index (χ4v) is 6.36. The van der Waals surface area contributed by atoms with Crippen LogP contribution in [0.4, 0.5) is 21.0 Å². The topological polar surface area (TPSA) is 88.7 Å². The van der Waals surface area contributed by atoms with Crippen molar-refractivity contribution < 1.29 is 19.1 Å². The predicted molar refractivity (Wildman–Crippen MR) is 151 cm³/mol. The number of piperazine rings is 1. The average molecular weight is 541 g/mol. The van der Waals surface area contributed by atoms with E-state index >= 15 is 0 Å². The molecule has 4 heterocycles. The van der Waals surface area contributed by atoms with Gasteiger partial charge in [-0.1, -0.05) is 0 Å². The van der Waals surface area contributed by atoms with Gasteiger partial charge >= 0.3 is 12.1 Å². The van der Waals surface area contributed by atoms with Crippen LogP contribution in [0.15, 0.2) is 24.3 Å². The van der Waals surface area contributed by atoms with E-state index in [0.717, 1.165) is 70.9 Å². The third-order valence-electron chi connectivity index (χ3n) is 8.54. The summed E-state index contributed by atoms with van der Waals surface area (Å²) in [6.07, 6.45) is 4.63. The SMILES string of the molecule is CC(C)(C)OC(=O)N1CCC(N2CCC(N3CCN(c4ccc(N5CCC(=O)NC5=O)cc4)CC3)CC2)CC1. The molecule has 4 aliphatic rings. The predicted octanol–water partition coefficient (Wildman–Crippen LogP) is 3.12. The zero-order valence-corrected chi connectivity index (χ0v) is 23.7. The molecule has 4 aliphatic heterocycles. The number of carbonyl (C=O) groups is 3. The number of imide groups is 1. The molecule has 0 spiro atoms. The van der Waals surface area contributed by atoms with E-state index in [2.05, 4.69) is 32.1 Å². The second-order valence-corrected chi connectivity index (χ2v) is 12.3. The number of amides is 4. The third-order valence-corrected chi connectivity index (χ3v) is 8.54. The van der Waals surface area contributed by atoms with Crippen LogP contribution in [0.25, 0.3) is 0 Å². The van der Waals surface area contributed by atoms with Crippen molar-refractivity contribution in [1.82, 2.24) is 20.0 Å². The molecular weight excluding hydrogens is 496 g/mol. The molecule has 0 unspecified atom stereocenters. The number of urea groups is 1. The Hall–Kier alpha value is -2.85. The van der Waals surface area contributed by atoms with Gasteiger partial charge in [-0.25, -0.2) is 9.59 Å². The van der Waals surface area contributed by atoms with Gasteiger partial charge in [0.25, 0.3) is 0 Å². The molecule has 214 valence electrons. The maximum absolute atomic E-state index is 12.4. The van der Waals surface area contributed by atoms with Crippen molar-refractivity contribution in [3.63, 3.8) is 0 Å². The van der Waals surface area contributed by atoms with Crippen molar-refractivity contribution in [2.45, 2.75) is 70.6 Å². The minimum Gasteiger partial charge on any atom is -0.444 e. The standard InChI is InChI=1S/C29H44N6O4/c1-29(2,3)39-28(38)34-15-10-23(11-16-34)31-13-8-24(9-14-31)33-20-18-32(19-21-33)22-4-6-25(7-5-22)35-17-12-26(36)30-27(35)37/h4-7,23-24H,8-21H2,1-3H3,(H,30,36,37). The van der Waals surface area contributed by atoms with Crippen molar-refractivity contribution in [3.8, 4) is 0 Å². The summed E-state index contributed by atoms with van der Waals surface area (Å²) in [6, 6.07) is 9.00. The summed E-state index contributed by atoms with van der Waals surface area (Å²) in [5.41, 5.74) is 1.56. The summed E-state index contributed by atoms with van der Waals surface area (Å²) in [7, 11) is 0. The highest BCUT2D eigenvalue weighted by Crippen LogP contribution is 2.27. The number of anilines is 2. The molecule has 4 amide bonds. The number of piperidine rings is 2. The van der Waals surface area contributed by atoms with Crippen molar-refractivity contribution in [1.29, 1.82) is 0 Å². The Kier molecular flexibility index (Phi) is 8.32. The van der Waals surface area contributed by atoms with Crippen LogP contribution in [0.1, 0.15) is 52.9 Å². The number of hydrogen-bond donors (Lipinski definition) is 1. The highest BCUT2D eigenvalue weighted by Gasteiger charge is 2.33. The molecule has 10 heteroatoms. The summed E-state index contributed by atoms with van der Waals surface area (Å²) >= 11 is 0. The van der Waals surface area contributed by atoms with Gasteiger partial charge in [-0.05, 0) is 83.8 Å². The summed E-state index contributed by atoms with van der Waals surface area (Å²) < 4.78 is 5.55. The lowest BCUT2D eigenvalue weighted by molar-refractivity contribution is -0.120. The van der Waals surface area contributed by atoms with Crippen molar-refractivity contribution >= 4 is 29.4 Å². The van der Waals surface area contributed by atoms with Gasteiger partial charge in [-0.15, -0.1) is 0 Å². The fourth-order valence-electron chi connectivity index (χ4n) is 6.36. The first-order valence-electron chi connectivity index (χ1n) is 14.6. The fraction of sp³-hybridized carbons (Fsp3) is 0.690. The van der Waals surface area contributed by atoms with Gasteiger partial charge in [-0.2, -0.15) is 0 Å². The first-order chi connectivity index (χ1) is 18.7. The number of nitrogens with zero attached hydrogens (tertiary/aromatic N) is 5. The van der Waals surface area contributed by atoms with Crippen LogP contribution in [0.2, 0.25) is 0 Å². The number of benzene rings is 1. The van der Waals surface area contributed by atoms with Crippen molar-refractivity contribution in [2.75, 3.05) is 68.7 Å². The number of ether oxygens (including phenoxy) is 1. The van der Waals surface area contributed by atoms with Gasteiger partial charge in [0.1, 0.15) is 5.60 Å². The zero-order valence-electron chi connectivity index (χ0n) is 23.7. The number of likely N-dealkylation sites (tertiary alicyclic amines) is 2. The van der Waals surface area contributed by atoms with E-state index in [9.17, 15) is 14.4 Å². The van der Waals surface area contributed by atoms with Crippen LogP contribution in [0.5, 0.6) is 0 Å². The number of rotatable bonds is 4. The van der Waals surface area contributed by atoms with Crippen LogP contribution < -0.4 is 15.1 Å². The molecule has 0 atom stereocenters. The molecule has 1 aromatic carbocycles. The summed E-state index contributed by atoms with van der Waals surface area (Å²) in [6.45, 7) is 14.2. The molecule has 1 N–H and O–H groups in total. The Morgan fingerprint density at radius 1 is 0.769 bits per heavy atom. The lowest BCUT2D eigenvalue weighted by Crippen LogP contribution is -2.55. The Morgan fingerprint density at radius 2 is 1.31 bits per heavy atom. The highest BCUT2D eigenvalue weighted by atomic mass is 16.6. The van der Waals surface area contributed by atoms with Gasteiger partial charge in [0.05, 0.1) is 0 Å². The van der Waals surface area contributed by atoms with E-state index in [1.807, 2.05) is 37.8 Å². The molecule has 0 aliphatic carbocycles. The molecule has 0 saturated carbocycles. The summed E-state index contributed by atoms with van der Waals surface area (Å²) in [5, 5.41) is 2.39. The van der Waals surface area contributed by atoms with Gasteiger partial charge in [0, 0.05) is 75.7 Å². The second-order valence-electron chi connectivity index (χ2n) is 12.3. The van der Waals surface area contributed by atoms with E-state index in [0.29, 0.717) is 25.0 Å². The molecule has 10 nitrogen and oxygen atoms in total. The van der Waals surface area contributed by atoms with Crippen LogP contribution in [0, 0.1) is 0 Å². The van der Waals surface area contributed by atoms with Gasteiger partial charge < -0.3 is 19.4 Å². The smallest absolute Gasteiger partial charge is 0.410 e. The zero-order chi connectivity index (χ0) is 27.6. The van der Waals surface area contributed by atoms with Crippen LogP contribution in [0.3, 0.4) is 0 Å². The Morgan fingerprint density at radius 3 is 1.87 bits per heavy atom. The largest absolute Gasteiger partial charge is 0.444 e. The molecular formula is C29H44N6O4. The van der Waals surface area contributed by atoms with Gasteiger partial charge in [-0.3, -0.25) is 19.9 Å². The van der Waals surface area contributed by atoms with E-state index in [1.165, 1.54) is 18.5 Å². The lowest BCUT2D eigenvalue weighted by atomic mass is 9.96. The molecule has 39 heavy (non-hydrogen) atoms. The van der Waals surface area contributed by atoms with E-state index < -0.39 is 5.60 Å². The van der Waals surface area contributed by atoms with Gasteiger partial charge in [0.2, 0.25) is 5.91 Å². The maximum atomic E-state index is 12.4. The number of carbonyl (C=O) groups excluding carboxylic acids is 3. The third kappa shape index (κ3) is 6.84. The molecule has 1 aromatic rings. The monoisotopic (exact) mass is 540 g/mol. The summed E-state index contributed by atoms with van der Waals surface area (Å²) in [4.78, 5) is 47.2. The summed E-state index contributed by atoms with van der Waals surface area (Å²) in [5.74, 6) is -0.211. The molecule has 0 aromatic heterocycles. The maximum Gasteiger partial charge on any atom is 0.410 e. The molecule has 0 radical (unpaired) electrons. The first kappa shape index (κ1) is 27.7. The number of nitrogens with one attached hydrogen (secondary N) is 1. The minimum atomic E-state index is -0.443. The Labute approximate surface area is 232 Å². The second kappa shape index (κ2) is 11.7. The normalized spacial score (nSPS) is 23.2. The first-order valence-corrected chi connectivity index (χ1v) is 14.6. The lowest BCUT2D eigenvalue weighted by Gasteiger charge is -2.46. The highest BCUT2D eigenvalue weighted by molar-refractivity contribution is 6.05. The minimum absolute atomic E-state index is 0.179. The van der Waals surface area contributed by atoms with Gasteiger partial charge in [0.15, 0.2) is 0 Å². The Bertz CT molecular complexity index is 1020. The van der Waals surface area contributed by atoms with E-state index in [-0.39, 0.29) is 18.0 Å². The van der Waals surface area contributed by atoms with E-state index in [1.54, 1.807) is 4.90 Å². The van der Waals surface area contributed by atoms with Crippen molar-refractivity contribution in [2.24, 2.45) is 0 Å². The quantitative estimate of drug-likeness (QED) is 0.628. The molecule has 5 rings (SSSR count). The molecule has 4 fully saturated rings. The van der Waals surface area contributed by atoms with Crippen LogP contribution in [-0.2, 0) is 9.53 Å². The molecule has 4 saturated heterocycles. The van der Waals surface area contributed by atoms with Crippen LogP contribution >= 0.6 is 0 Å². The van der Waals surface area contributed by atoms with Crippen LogP contribution in [-0.4, -0.2) is 109 Å². The van der Waals surface area contributed by atoms with Crippen molar-refractivity contribution in [3.05, 3.63) is 24.3 Å².